The predicted molar refractivity (Wildman–Crippen MR) is 49.5 cm³/mol. The van der Waals surface area contributed by atoms with E-state index in [0.717, 1.165) is 12.8 Å². The lowest BCUT2D eigenvalue weighted by molar-refractivity contribution is -0.124. The second-order valence-electron chi connectivity index (χ2n) is 5.36. The highest BCUT2D eigenvalue weighted by Crippen LogP contribution is 2.57. The molecule has 0 spiro atoms. The number of carbonyl (C=O) groups is 1. The Morgan fingerprint density at radius 1 is 1.58 bits per heavy atom. The van der Waals surface area contributed by atoms with Crippen LogP contribution in [0.1, 0.15) is 40.5 Å². The standard InChI is InChI=1S/C10H19NO/c1-7-5-10(7,8(11)12)6-9(2,3)4/h7H,5-6H2,1-4H3,(H2,11,12). The van der Waals surface area contributed by atoms with E-state index in [1.165, 1.54) is 0 Å². The lowest BCUT2D eigenvalue weighted by atomic mass is 9.81. The molecule has 0 bridgehead atoms. The normalized spacial score (nSPS) is 34.8. The molecule has 12 heavy (non-hydrogen) atoms. The van der Waals surface area contributed by atoms with Crippen LogP contribution in [0, 0.1) is 16.7 Å². The van der Waals surface area contributed by atoms with Gasteiger partial charge in [-0.2, -0.15) is 0 Å². The zero-order chi connectivity index (χ0) is 9.57. The van der Waals surface area contributed by atoms with Crippen molar-refractivity contribution >= 4 is 5.91 Å². The fourth-order valence-electron chi connectivity index (χ4n) is 2.11. The van der Waals surface area contributed by atoms with Gasteiger partial charge in [-0.1, -0.05) is 27.7 Å². The zero-order valence-electron chi connectivity index (χ0n) is 8.48. The Balaban J connectivity index is 2.66. The topological polar surface area (TPSA) is 43.1 Å². The molecule has 2 heteroatoms. The number of primary amides is 1. The summed E-state index contributed by atoms with van der Waals surface area (Å²) in [6.45, 7) is 8.57. The van der Waals surface area contributed by atoms with Crippen LogP contribution in [0.3, 0.4) is 0 Å². The molecule has 70 valence electrons. The first-order valence-corrected chi connectivity index (χ1v) is 4.58. The molecule has 1 fully saturated rings. The Hall–Kier alpha value is -0.530. The summed E-state index contributed by atoms with van der Waals surface area (Å²) in [5.41, 5.74) is 5.43. The van der Waals surface area contributed by atoms with Crippen molar-refractivity contribution < 1.29 is 4.79 Å². The molecule has 2 atom stereocenters. The molecular formula is C10H19NO. The lowest BCUT2D eigenvalue weighted by Gasteiger charge is -2.24. The largest absolute Gasteiger partial charge is 0.369 e. The number of carbonyl (C=O) groups excluding carboxylic acids is 1. The lowest BCUT2D eigenvalue weighted by Crippen LogP contribution is -2.30. The van der Waals surface area contributed by atoms with Crippen LogP contribution in [0.2, 0.25) is 0 Å². The highest BCUT2D eigenvalue weighted by atomic mass is 16.1. The van der Waals surface area contributed by atoms with Gasteiger partial charge in [0.1, 0.15) is 0 Å². The third kappa shape index (κ3) is 1.62. The van der Waals surface area contributed by atoms with Gasteiger partial charge in [0.05, 0.1) is 5.41 Å². The third-order valence-electron chi connectivity index (χ3n) is 2.79. The van der Waals surface area contributed by atoms with Gasteiger partial charge >= 0.3 is 0 Å². The first kappa shape index (κ1) is 9.56. The van der Waals surface area contributed by atoms with E-state index in [4.69, 9.17) is 5.73 Å². The molecule has 0 heterocycles. The molecule has 2 N–H and O–H groups in total. The summed E-state index contributed by atoms with van der Waals surface area (Å²) in [5, 5.41) is 0. The molecule has 0 aromatic heterocycles. The molecule has 0 radical (unpaired) electrons. The number of hydrogen-bond acceptors (Lipinski definition) is 1. The summed E-state index contributed by atoms with van der Waals surface area (Å²) in [5.74, 6) is 0.388. The number of nitrogens with two attached hydrogens (primary N) is 1. The maximum absolute atomic E-state index is 11.2. The fourth-order valence-corrected chi connectivity index (χ4v) is 2.11. The van der Waals surface area contributed by atoms with Gasteiger partial charge < -0.3 is 5.73 Å². The van der Waals surface area contributed by atoms with E-state index in [-0.39, 0.29) is 16.7 Å². The van der Waals surface area contributed by atoms with E-state index >= 15 is 0 Å². The first-order valence-electron chi connectivity index (χ1n) is 4.58. The van der Waals surface area contributed by atoms with Crippen molar-refractivity contribution in [3.8, 4) is 0 Å². The second kappa shape index (κ2) is 2.48. The Bertz CT molecular complexity index is 204. The number of amides is 1. The number of rotatable bonds is 2. The van der Waals surface area contributed by atoms with Gasteiger partial charge in [-0.25, -0.2) is 0 Å². The molecule has 1 saturated carbocycles. The van der Waals surface area contributed by atoms with Gasteiger partial charge in [0.15, 0.2) is 0 Å². The minimum atomic E-state index is -0.168. The monoisotopic (exact) mass is 169 g/mol. The fraction of sp³-hybridized carbons (Fsp3) is 0.900. The van der Waals surface area contributed by atoms with Gasteiger partial charge in [0.2, 0.25) is 5.91 Å². The van der Waals surface area contributed by atoms with Crippen molar-refractivity contribution in [3.05, 3.63) is 0 Å². The Labute approximate surface area is 74.5 Å². The third-order valence-corrected chi connectivity index (χ3v) is 2.79. The molecular weight excluding hydrogens is 150 g/mol. The molecule has 0 aliphatic heterocycles. The summed E-state index contributed by atoms with van der Waals surface area (Å²) >= 11 is 0. The minimum Gasteiger partial charge on any atom is -0.369 e. The number of hydrogen-bond donors (Lipinski definition) is 1. The van der Waals surface area contributed by atoms with E-state index in [2.05, 4.69) is 27.7 Å². The van der Waals surface area contributed by atoms with Crippen molar-refractivity contribution in [1.82, 2.24) is 0 Å². The Kier molecular flexibility index (Phi) is 1.97. The maximum atomic E-state index is 11.2. The average Bonchev–Trinajstić information content (AvgIpc) is 2.38. The zero-order valence-corrected chi connectivity index (χ0v) is 8.48. The van der Waals surface area contributed by atoms with Gasteiger partial charge in [-0.05, 0) is 24.2 Å². The van der Waals surface area contributed by atoms with Crippen LogP contribution in [0.15, 0.2) is 0 Å². The van der Waals surface area contributed by atoms with Gasteiger partial charge in [0.25, 0.3) is 0 Å². The summed E-state index contributed by atoms with van der Waals surface area (Å²) < 4.78 is 0. The van der Waals surface area contributed by atoms with E-state index in [1.807, 2.05) is 0 Å². The van der Waals surface area contributed by atoms with E-state index < -0.39 is 0 Å². The summed E-state index contributed by atoms with van der Waals surface area (Å²) in [6, 6.07) is 0. The molecule has 2 nitrogen and oxygen atoms in total. The SMILES string of the molecule is CC1CC1(CC(C)(C)C)C(N)=O. The molecule has 0 aromatic carbocycles. The first-order chi connectivity index (χ1) is 5.28. The van der Waals surface area contributed by atoms with Crippen molar-refractivity contribution in [2.45, 2.75) is 40.5 Å². The van der Waals surface area contributed by atoms with Crippen LogP contribution < -0.4 is 5.73 Å². The molecule has 0 saturated heterocycles. The summed E-state index contributed by atoms with van der Waals surface area (Å²) in [4.78, 5) is 11.2. The molecule has 0 aromatic rings. The van der Waals surface area contributed by atoms with Crippen LogP contribution in [-0.2, 0) is 4.79 Å². The second-order valence-corrected chi connectivity index (χ2v) is 5.36. The molecule has 2 unspecified atom stereocenters. The molecule has 1 rings (SSSR count). The van der Waals surface area contributed by atoms with Crippen molar-refractivity contribution in [2.75, 3.05) is 0 Å². The van der Waals surface area contributed by atoms with Gasteiger partial charge in [0, 0.05) is 0 Å². The van der Waals surface area contributed by atoms with Crippen LogP contribution >= 0.6 is 0 Å². The van der Waals surface area contributed by atoms with E-state index in [0.29, 0.717) is 5.92 Å². The van der Waals surface area contributed by atoms with Crippen molar-refractivity contribution in [2.24, 2.45) is 22.5 Å². The van der Waals surface area contributed by atoms with Crippen LogP contribution in [0.4, 0.5) is 0 Å². The molecule has 1 aliphatic carbocycles. The average molecular weight is 169 g/mol. The maximum Gasteiger partial charge on any atom is 0.223 e. The summed E-state index contributed by atoms with van der Waals surface area (Å²) in [7, 11) is 0. The highest BCUT2D eigenvalue weighted by Gasteiger charge is 2.57. The highest BCUT2D eigenvalue weighted by molar-refractivity contribution is 5.84. The molecule has 1 aliphatic rings. The molecule has 1 amide bonds. The van der Waals surface area contributed by atoms with Crippen LogP contribution in [0.5, 0.6) is 0 Å². The van der Waals surface area contributed by atoms with Gasteiger partial charge in [-0.15, -0.1) is 0 Å². The Morgan fingerprint density at radius 3 is 2.08 bits per heavy atom. The van der Waals surface area contributed by atoms with Crippen LogP contribution in [-0.4, -0.2) is 5.91 Å². The minimum absolute atomic E-state index is 0.107. The summed E-state index contributed by atoms with van der Waals surface area (Å²) in [6.07, 6.45) is 1.91. The van der Waals surface area contributed by atoms with Crippen molar-refractivity contribution in [3.63, 3.8) is 0 Å². The predicted octanol–water partition coefficient (Wildman–Crippen LogP) is 1.93. The smallest absolute Gasteiger partial charge is 0.223 e. The van der Waals surface area contributed by atoms with Gasteiger partial charge in [-0.3, -0.25) is 4.79 Å². The van der Waals surface area contributed by atoms with Crippen LogP contribution in [0.25, 0.3) is 0 Å². The van der Waals surface area contributed by atoms with E-state index in [9.17, 15) is 4.79 Å². The van der Waals surface area contributed by atoms with E-state index in [1.54, 1.807) is 0 Å². The van der Waals surface area contributed by atoms with Crippen molar-refractivity contribution in [1.29, 1.82) is 0 Å². The quantitative estimate of drug-likeness (QED) is 0.674. The Morgan fingerprint density at radius 2 is 2.00 bits per heavy atom.